The molecular weight excluding hydrogens is 570 g/mol. The number of methoxy groups -OCH3 is 1. The van der Waals surface area contributed by atoms with Crippen LogP contribution < -0.4 is 0 Å². The number of Topliss-reactive ketones (excluding diaryl/α,β-unsaturated/α-hetero) is 1. The van der Waals surface area contributed by atoms with Gasteiger partial charge in [0.25, 0.3) is 0 Å². The highest BCUT2D eigenvalue weighted by atomic mass is 16.7. The molecule has 11 atom stereocenters. The Bertz CT molecular complexity index is 993. The van der Waals surface area contributed by atoms with Crippen molar-refractivity contribution < 1.29 is 28.5 Å². The molecule has 0 aliphatic carbocycles. The number of fused-ring (bicyclic) bond motifs is 2. The number of ketones is 1. The Morgan fingerprint density at radius 3 is 2.22 bits per heavy atom. The molecule has 4 heterocycles. The summed E-state index contributed by atoms with van der Waals surface area (Å²) in [5, 5.41) is 0. The van der Waals surface area contributed by atoms with Gasteiger partial charge in [-0.3, -0.25) is 19.4 Å². The van der Waals surface area contributed by atoms with E-state index in [1.54, 1.807) is 21.0 Å². The zero-order chi connectivity index (χ0) is 33.3. The number of carbonyl (C=O) groups is 2. The van der Waals surface area contributed by atoms with Crippen LogP contribution in [0.25, 0.3) is 0 Å². The van der Waals surface area contributed by atoms with E-state index >= 15 is 0 Å². The molecule has 0 saturated carbocycles. The molecule has 4 fully saturated rings. The molecule has 0 aromatic rings. The summed E-state index contributed by atoms with van der Waals surface area (Å²) in [4.78, 5) is 35.5. The molecule has 0 amide bonds. The number of hydrogen-bond donors (Lipinski definition) is 0. The molecular formula is C36H65N3O6. The molecule has 0 N–H and O–H groups in total. The molecule has 9 heteroatoms. The fourth-order valence-electron chi connectivity index (χ4n) is 9.26. The van der Waals surface area contributed by atoms with Crippen molar-refractivity contribution in [2.75, 3.05) is 47.9 Å². The van der Waals surface area contributed by atoms with E-state index < -0.39 is 35.3 Å². The molecule has 260 valence electrons. The van der Waals surface area contributed by atoms with Gasteiger partial charge >= 0.3 is 5.97 Å². The highest BCUT2D eigenvalue weighted by Crippen LogP contribution is 2.42. The second-order valence-corrected chi connectivity index (χ2v) is 16.1. The molecule has 4 aliphatic rings. The molecule has 4 rings (SSSR count). The van der Waals surface area contributed by atoms with Gasteiger partial charge in [-0.05, 0) is 112 Å². The molecule has 9 nitrogen and oxygen atoms in total. The van der Waals surface area contributed by atoms with Crippen LogP contribution in [0.2, 0.25) is 0 Å². The quantitative estimate of drug-likeness (QED) is 0.284. The zero-order valence-electron chi connectivity index (χ0n) is 30.3. The molecule has 0 spiro atoms. The second-order valence-electron chi connectivity index (χ2n) is 16.1. The van der Waals surface area contributed by atoms with Crippen molar-refractivity contribution in [2.24, 2.45) is 23.2 Å². The number of hydrogen-bond acceptors (Lipinski definition) is 9. The van der Waals surface area contributed by atoms with Crippen molar-refractivity contribution in [3.63, 3.8) is 0 Å². The molecule has 0 radical (unpaired) electrons. The van der Waals surface area contributed by atoms with Crippen LogP contribution in [0.1, 0.15) is 99.8 Å². The first kappa shape index (κ1) is 36.7. The lowest BCUT2D eigenvalue weighted by atomic mass is 9.74. The average molecular weight is 636 g/mol. The largest absolute Gasteiger partial charge is 0.463 e. The van der Waals surface area contributed by atoms with E-state index in [9.17, 15) is 9.59 Å². The number of carbonyl (C=O) groups excluding carboxylic acids is 2. The van der Waals surface area contributed by atoms with E-state index in [0.29, 0.717) is 43.5 Å². The predicted octanol–water partition coefficient (Wildman–Crippen LogP) is 5.00. The van der Waals surface area contributed by atoms with Crippen LogP contribution >= 0.6 is 0 Å². The summed E-state index contributed by atoms with van der Waals surface area (Å²) in [5.74, 6) is -0.557. The van der Waals surface area contributed by atoms with Crippen molar-refractivity contribution in [3.05, 3.63) is 0 Å². The van der Waals surface area contributed by atoms with Gasteiger partial charge < -0.3 is 23.8 Å². The van der Waals surface area contributed by atoms with Crippen LogP contribution in [0.3, 0.4) is 0 Å². The minimum atomic E-state index is -1.32. The smallest absolute Gasteiger partial charge is 0.319 e. The van der Waals surface area contributed by atoms with Crippen LogP contribution in [0.5, 0.6) is 0 Å². The minimum Gasteiger partial charge on any atom is -0.463 e. The summed E-state index contributed by atoms with van der Waals surface area (Å²) < 4.78 is 25.6. The summed E-state index contributed by atoms with van der Waals surface area (Å²) in [5.41, 5.74) is -2.10. The number of nitrogens with zero attached hydrogens (tertiary/aromatic N) is 3. The summed E-state index contributed by atoms with van der Waals surface area (Å²) >= 11 is 0. The van der Waals surface area contributed by atoms with E-state index in [0.717, 1.165) is 25.8 Å². The highest BCUT2D eigenvalue weighted by Gasteiger charge is 2.51. The van der Waals surface area contributed by atoms with Crippen LogP contribution in [0.4, 0.5) is 0 Å². The summed E-state index contributed by atoms with van der Waals surface area (Å²) in [6.07, 6.45) is 7.27. The van der Waals surface area contributed by atoms with Gasteiger partial charge in [0.05, 0.1) is 17.8 Å². The van der Waals surface area contributed by atoms with Crippen molar-refractivity contribution in [2.45, 2.75) is 148 Å². The normalized spacial score (nSPS) is 42.6. The summed E-state index contributed by atoms with van der Waals surface area (Å²) in [7, 11) is 8.08. The van der Waals surface area contributed by atoms with Gasteiger partial charge in [-0.2, -0.15) is 0 Å². The highest BCUT2D eigenvalue weighted by molar-refractivity contribution is 6.04. The van der Waals surface area contributed by atoms with E-state index in [-0.39, 0.29) is 23.8 Å². The lowest BCUT2D eigenvalue weighted by Crippen LogP contribution is -2.55. The number of ether oxygens (including phenoxy) is 4. The third-order valence-electron chi connectivity index (χ3n) is 11.8. The number of cyclic esters (lactones) is 1. The Labute approximate surface area is 274 Å². The van der Waals surface area contributed by atoms with Gasteiger partial charge in [0.15, 0.2) is 12.1 Å². The second kappa shape index (κ2) is 15.0. The first-order valence-corrected chi connectivity index (χ1v) is 17.8. The Hall–Kier alpha value is -1.10. The molecule has 4 saturated heterocycles. The van der Waals surface area contributed by atoms with Crippen LogP contribution in [0, 0.1) is 23.2 Å². The molecule has 45 heavy (non-hydrogen) atoms. The fraction of sp³-hybridized carbons (Fsp3) is 0.944. The van der Waals surface area contributed by atoms with E-state index in [4.69, 9.17) is 18.9 Å². The third kappa shape index (κ3) is 8.14. The SMILES string of the molecule is CCCN1[C@@H]2CC[C@H]1CC(C1COC(=O)C(C)(C)C(=O)[C@H](C)[C@@H](O[C@H]3C[C@@H](N(C)C)C[C@@H](C)O3)[C@](C)(OC)C[C@@H](C)CN1C)C2. The number of rotatable bonds is 7. The summed E-state index contributed by atoms with van der Waals surface area (Å²) in [6, 6.07) is 1.65. The lowest BCUT2D eigenvalue weighted by Gasteiger charge is -2.46. The van der Waals surface area contributed by atoms with Gasteiger partial charge in [-0.15, -0.1) is 0 Å². The van der Waals surface area contributed by atoms with Crippen molar-refractivity contribution in [1.82, 2.24) is 14.7 Å². The Kier molecular flexibility index (Phi) is 12.2. The predicted molar refractivity (Wildman–Crippen MR) is 177 cm³/mol. The lowest BCUT2D eigenvalue weighted by molar-refractivity contribution is -0.263. The minimum absolute atomic E-state index is 0.0331. The van der Waals surface area contributed by atoms with Gasteiger partial charge in [-0.1, -0.05) is 20.8 Å². The van der Waals surface area contributed by atoms with Crippen molar-refractivity contribution in [3.8, 4) is 0 Å². The topological polar surface area (TPSA) is 80.8 Å². The number of piperidine rings is 1. The van der Waals surface area contributed by atoms with Crippen LogP contribution in [-0.2, 0) is 28.5 Å². The Morgan fingerprint density at radius 2 is 1.64 bits per heavy atom. The Balaban J connectivity index is 1.62. The average Bonchev–Trinajstić information content (AvgIpc) is 3.20. The standard InChI is InChI=1S/C36H65N3O6/c1-12-15-39-27-13-14-28(39)18-26(17-27)30-22-43-34(41)35(5,6)32(40)25(4)33(36(7,42-11)20-23(2)21-38(30)10)45-31-19-29(37(8)9)16-24(3)44-31/h23-31,33H,12-22H2,1-11H3/t23-,24-,25+,26?,27-,28+,29+,30?,31+,33-,36-/m1/s1. The molecule has 2 unspecified atom stereocenters. The van der Waals surface area contributed by atoms with E-state index in [1.807, 2.05) is 6.92 Å². The first-order valence-electron chi connectivity index (χ1n) is 17.8. The fourth-order valence-corrected chi connectivity index (χ4v) is 9.26. The van der Waals surface area contributed by atoms with Gasteiger partial charge in [0.2, 0.25) is 0 Å². The monoisotopic (exact) mass is 635 g/mol. The maximum absolute atomic E-state index is 14.3. The third-order valence-corrected chi connectivity index (χ3v) is 11.8. The van der Waals surface area contributed by atoms with Crippen LogP contribution in [-0.4, -0.2) is 123 Å². The maximum atomic E-state index is 14.3. The van der Waals surface area contributed by atoms with Crippen LogP contribution in [0.15, 0.2) is 0 Å². The first-order chi connectivity index (χ1) is 21.1. The van der Waals surface area contributed by atoms with Gasteiger partial charge in [0, 0.05) is 50.2 Å². The van der Waals surface area contributed by atoms with E-state index in [1.165, 1.54) is 25.8 Å². The number of esters is 1. The van der Waals surface area contributed by atoms with E-state index in [2.05, 4.69) is 63.5 Å². The Morgan fingerprint density at radius 1 is 1.00 bits per heavy atom. The number of likely N-dealkylation sites (N-methyl/N-ethyl adjacent to an activating group) is 1. The summed E-state index contributed by atoms with van der Waals surface area (Å²) in [6.45, 7) is 16.3. The van der Waals surface area contributed by atoms with Gasteiger partial charge in [-0.25, -0.2) is 0 Å². The van der Waals surface area contributed by atoms with Crippen molar-refractivity contribution in [1.29, 1.82) is 0 Å². The molecule has 4 aliphatic heterocycles. The molecule has 0 aromatic carbocycles. The molecule has 0 aromatic heterocycles. The maximum Gasteiger partial charge on any atom is 0.319 e. The zero-order valence-corrected chi connectivity index (χ0v) is 30.3. The molecule has 2 bridgehead atoms. The van der Waals surface area contributed by atoms with Gasteiger partial charge in [0.1, 0.15) is 12.0 Å². The van der Waals surface area contributed by atoms with Crippen molar-refractivity contribution >= 4 is 11.8 Å².